The van der Waals surface area contributed by atoms with E-state index >= 15 is 0 Å². The van der Waals surface area contributed by atoms with Gasteiger partial charge in [-0.15, -0.1) is 0 Å². The molecule has 2 unspecified atom stereocenters. The van der Waals surface area contributed by atoms with Crippen molar-refractivity contribution in [1.82, 2.24) is 0 Å². The van der Waals surface area contributed by atoms with Crippen molar-refractivity contribution in [2.75, 3.05) is 11.5 Å². The second kappa shape index (κ2) is 4.87. The predicted octanol–water partition coefficient (Wildman–Crippen LogP) is 1.13. The zero-order valence-corrected chi connectivity index (χ0v) is 10.3. The van der Waals surface area contributed by atoms with E-state index in [0.29, 0.717) is 6.42 Å². The molecule has 5 heteroatoms. The van der Waals surface area contributed by atoms with Crippen molar-refractivity contribution in [3.8, 4) is 5.75 Å². The Hall–Kier alpha value is -1.36. The van der Waals surface area contributed by atoms with Gasteiger partial charge in [0.1, 0.15) is 17.6 Å². The van der Waals surface area contributed by atoms with Crippen LogP contribution < -0.4 is 4.74 Å². The Morgan fingerprint density at radius 2 is 2.35 bits per heavy atom. The molecule has 0 aliphatic carbocycles. The number of ether oxygens (including phenoxy) is 1. The van der Waals surface area contributed by atoms with Gasteiger partial charge in [0.25, 0.3) is 0 Å². The Bertz CT molecular complexity index is 470. The van der Waals surface area contributed by atoms with E-state index in [1.54, 1.807) is 0 Å². The largest absolute Gasteiger partial charge is 0.489 e. The van der Waals surface area contributed by atoms with Crippen molar-refractivity contribution in [1.29, 1.82) is 0 Å². The van der Waals surface area contributed by atoms with Crippen LogP contribution in [0.1, 0.15) is 11.1 Å². The molecule has 2 atom stereocenters. The summed E-state index contributed by atoms with van der Waals surface area (Å²) in [5, 5.41) is 8.53. The molecule has 0 saturated carbocycles. The molecule has 1 aliphatic heterocycles. The first-order chi connectivity index (χ1) is 8.04. The number of carboxylic acids is 1. The van der Waals surface area contributed by atoms with E-state index < -0.39 is 16.8 Å². The molecule has 2 rings (SSSR count). The van der Waals surface area contributed by atoms with Crippen molar-refractivity contribution in [2.24, 2.45) is 0 Å². The van der Waals surface area contributed by atoms with Gasteiger partial charge < -0.3 is 9.84 Å². The zero-order valence-electron chi connectivity index (χ0n) is 9.51. The highest BCUT2D eigenvalue weighted by Gasteiger charge is 2.25. The summed E-state index contributed by atoms with van der Waals surface area (Å²) in [6.45, 7) is 2.01. The van der Waals surface area contributed by atoms with Gasteiger partial charge in [-0.05, 0) is 18.6 Å². The number of aryl methyl sites for hydroxylation is 1. The lowest BCUT2D eigenvalue weighted by atomic mass is 10.1. The van der Waals surface area contributed by atoms with Crippen LogP contribution in [0, 0.1) is 6.92 Å². The highest BCUT2D eigenvalue weighted by atomic mass is 32.2. The van der Waals surface area contributed by atoms with Crippen LogP contribution in [0.15, 0.2) is 18.2 Å². The van der Waals surface area contributed by atoms with Crippen LogP contribution in [0.3, 0.4) is 0 Å². The maximum Gasteiger partial charge on any atom is 0.316 e. The monoisotopic (exact) mass is 254 g/mol. The summed E-state index contributed by atoms with van der Waals surface area (Å²) in [5.41, 5.74) is 2.28. The highest BCUT2D eigenvalue weighted by Crippen LogP contribution is 2.29. The van der Waals surface area contributed by atoms with Crippen molar-refractivity contribution in [3.05, 3.63) is 29.3 Å². The number of fused-ring (bicyclic) bond motifs is 1. The molecule has 0 radical (unpaired) electrons. The van der Waals surface area contributed by atoms with E-state index in [0.717, 1.165) is 11.3 Å². The maximum absolute atomic E-state index is 11.5. The lowest BCUT2D eigenvalue weighted by molar-refractivity contribution is -0.133. The number of carboxylic acid groups (broad SMARTS) is 1. The third kappa shape index (κ3) is 3.06. The van der Waals surface area contributed by atoms with E-state index in [9.17, 15) is 9.00 Å². The van der Waals surface area contributed by atoms with E-state index in [2.05, 4.69) is 6.07 Å². The average molecular weight is 254 g/mol. The van der Waals surface area contributed by atoms with Crippen LogP contribution in [0.25, 0.3) is 0 Å². The molecule has 92 valence electrons. The molecule has 0 amide bonds. The minimum absolute atomic E-state index is 0.160. The summed E-state index contributed by atoms with van der Waals surface area (Å²) < 4.78 is 17.1. The first kappa shape index (κ1) is 12.1. The van der Waals surface area contributed by atoms with Crippen molar-refractivity contribution in [2.45, 2.75) is 19.4 Å². The molecular formula is C12H14O4S. The van der Waals surface area contributed by atoms with E-state index in [1.807, 2.05) is 19.1 Å². The van der Waals surface area contributed by atoms with Crippen LogP contribution in [-0.2, 0) is 22.0 Å². The SMILES string of the molecule is Cc1ccc2c(c1)CC(CS(=O)CC(=O)O)O2. The Morgan fingerprint density at radius 3 is 3.06 bits per heavy atom. The third-order valence-corrected chi connectivity index (χ3v) is 3.93. The molecule has 0 spiro atoms. The molecule has 17 heavy (non-hydrogen) atoms. The maximum atomic E-state index is 11.5. The molecule has 1 aliphatic rings. The molecule has 1 N–H and O–H groups in total. The van der Waals surface area contributed by atoms with Gasteiger partial charge in [-0.25, -0.2) is 0 Å². The van der Waals surface area contributed by atoms with Gasteiger partial charge >= 0.3 is 5.97 Å². The van der Waals surface area contributed by atoms with E-state index in [4.69, 9.17) is 9.84 Å². The summed E-state index contributed by atoms with van der Waals surface area (Å²) in [5.74, 6) is -0.238. The van der Waals surface area contributed by atoms with E-state index in [-0.39, 0.29) is 17.6 Å². The molecule has 0 saturated heterocycles. The fourth-order valence-electron chi connectivity index (χ4n) is 1.95. The van der Waals surface area contributed by atoms with Crippen LogP contribution in [0.2, 0.25) is 0 Å². The van der Waals surface area contributed by atoms with Crippen LogP contribution >= 0.6 is 0 Å². The molecule has 1 aromatic carbocycles. The van der Waals surface area contributed by atoms with Crippen LogP contribution in [-0.4, -0.2) is 32.9 Å². The number of carbonyl (C=O) groups is 1. The van der Waals surface area contributed by atoms with Gasteiger partial charge in [0.05, 0.1) is 5.75 Å². The number of rotatable bonds is 4. The molecule has 0 fully saturated rings. The average Bonchev–Trinajstić information content (AvgIpc) is 2.57. The summed E-state index contributed by atoms with van der Waals surface area (Å²) in [6, 6.07) is 5.93. The first-order valence-corrected chi connectivity index (χ1v) is 6.86. The van der Waals surface area contributed by atoms with Crippen LogP contribution in [0.4, 0.5) is 0 Å². The smallest absolute Gasteiger partial charge is 0.316 e. The van der Waals surface area contributed by atoms with Gasteiger partial charge in [0, 0.05) is 17.2 Å². The summed E-state index contributed by atoms with van der Waals surface area (Å²) in [7, 11) is -1.36. The number of hydrogen-bond donors (Lipinski definition) is 1. The van der Waals surface area contributed by atoms with Gasteiger partial charge in [-0.3, -0.25) is 9.00 Å². The lowest BCUT2D eigenvalue weighted by Crippen LogP contribution is -2.25. The topological polar surface area (TPSA) is 63.6 Å². The minimum Gasteiger partial charge on any atom is -0.489 e. The number of hydrogen-bond acceptors (Lipinski definition) is 3. The lowest BCUT2D eigenvalue weighted by Gasteiger charge is -2.08. The summed E-state index contributed by atoms with van der Waals surface area (Å²) in [4.78, 5) is 10.4. The second-order valence-corrected chi connectivity index (χ2v) is 5.70. The standard InChI is InChI=1S/C12H14O4S/c1-8-2-3-11-9(4-8)5-10(16-11)6-17(15)7-12(13)14/h2-4,10H,5-7H2,1H3,(H,13,14). The Kier molecular flexibility index (Phi) is 3.47. The fourth-order valence-corrected chi connectivity index (χ4v) is 2.94. The first-order valence-electron chi connectivity index (χ1n) is 5.37. The highest BCUT2D eigenvalue weighted by molar-refractivity contribution is 7.85. The van der Waals surface area contributed by atoms with Gasteiger partial charge in [-0.1, -0.05) is 17.7 Å². The Balaban J connectivity index is 1.96. The molecule has 0 bridgehead atoms. The second-order valence-electron chi connectivity index (χ2n) is 4.20. The molecule has 1 aromatic rings. The quantitative estimate of drug-likeness (QED) is 0.875. The van der Waals surface area contributed by atoms with Gasteiger partial charge in [0.15, 0.2) is 0 Å². The number of benzene rings is 1. The predicted molar refractivity (Wildman–Crippen MR) is 64.8 cm³/mol. The van der Waals surface area contributed by atoms with Gasteiger partial charge in [-0.2, -0.15) is 0 Å². The number of aliphatic carboxylic acids is 1. The normalized spacial score (nSPS) is 19.5. The third-order valence-electron chi connectivity index (χ3n) is 2.61. The molecule has 4 nitrogen and oxygen atoms in total. The Morgan fingerprint density at radius 1 is 1.59 bits per heavy atom. The zero-order chi connectivity index (χ0) is 12.4. The molecular weight excluding hydrogens is 240 g/mol. The fraction of sp³-hybridized carbons (Fsp3) is 0.417. The summed E-state index contributed by atoms with van der Waals surface area (Å²) >= 11 is 0. The van der Waals surface area contributed by atoms with Crippen LogP contribution in [0.5, 0.6) is 5.75 Å². The molecule has 0 aromatic heterocycles. The van der Waals surface area contributed by atoms with Crippen molar-refractivity contribution < 1.29 is 18.8 Å². The van der Waals surface area contributed by atoms with E-state index in [1.165, 1.54) is 5.56 Å². The molecule has 1 heterocycles. The van der Waals surface area contributed by atoms with Crippen molar-refractivity contribution >= 4 is 16.8 Å². The Labute approximate surface area is 102 Å². The minimum atomic E-state index is -1.36. The summed E-state index contributed by atoms with van der Waals surface area (Å²) in [6.07, 6.45) is 0.550. The van der Waals surface area contributed by atoms with Crippen molar-refractivity contribution in [3.63, 3.8) is 0 Å². The van der Waals surface area contributed by atoms with Gasteiger partial charge in [0.2, 0.25) is 0 Å².